The summed E-state index contributed by atoms with van der Waals surface area (Å²) in [7, 11) is 0. The van der Waals surface area contributed by atoms with Gasteiger partial charge in [0.2, 0.25) is 5.95 Å². The van der Waals surface area contributed by atoms with Crippen molar-refractivity contribution in [3.63, 3.8) is 0 Å². The fraction of sp³-hybridized carbons (Fsp3) is 0.667. The van der Waals surface area contributed by atoms with E-state index in [9.17, 15) is 0 Å². The third-order valence-corrected chi connectivity index (χ3v) is 4.87. The van der Waals surface area contributed by atoms with Crippen molar-refractivity contribution in [1.29, 1.82) is 0 Å². The van der Waals surface area contributed by atoms with Crippen molar-refractivity contribution in [1.82, 2.24) is 19.9 Å². The smallest absolute Gasteiger partial charge is 0.227 e. The van der Waals surface area contributed by atoms with Gasteiger partial charge in [0, 0.05) is 13.1 Å². The fourth-order valence-electron chi connectivity index (χ4n) is 3.80. The molecule has 2 aromatic heterocycles. The van der Waals surface area contributed by atoms with Crippen LogP contribution in [0.1, 0.15) is 38.5 Å². The molecule has 2 aliphatic rings. The van der Waals surface area contributed by atoms with Crippen LogP contribution in [0.2, 0.25) is 0 Å². The summed E-state index contributed by atoms with van der Waals surface area (Å²) in [5.74, 6) is 2.66. The number of aromatic nitrogens is 4. The molecule has 0 aromatic carbocycles. The molecule has 0 amide bonds. The molecule has 1 atom stereocenters. The first-order valence-corrected chi connectivity index (χ1v) is 7.79. The van der Waals surface area contributed by atoms with Gasteiger partial charge in [0.25, 0.3) is 0 Å². The van der Waals surface area contributed by atoms with E-state index in [1.807, 2.05) is 6.20 Å². The molecule has 0 bridgehead atoms. The lowest BCUT2D eigenvalue weighted by molar-refractivity contribution is 0.399. The average molecular weight is 271 g/mol. The Hall–Kier alpha value is -1.65. The Morgan fingerprint density at radius 1 is 1.15 bits per heavy atom. The highest BCUT2D eigenvalue weighted by molar-refractivity contribution is 5.69. The van der Waals surface area contributed by atoms with Gasteiger partial charge >= 0.3 is 0 Å². The van der Waals surface area contributed by atoms with E-state index < -0.39 is 0 Å². The molecule has 1 N–H and O–H groups in total. The van der Waals surface area contributed by atoms with Crippen LogP contribution >= 0.6 is 0 Å². The normalized spacial score (nSPS) is 24.0. The van der Waals surface area contributed by atoms with Crippen LogP contribution in [0.15, 0.2) is 12.5 Å². The molecular formula is C15H21N5. The summed E-state index contributed by atoms with van der Waals surface area (Å²) in [5.41, 5.74) is 1.68. The van der Waals surface area contributed by atoms with Gasteiger partial charge in [-0.3, -0.25) is 0 Å². The third-order valence-electron chi connectivity index (χ3n) is 4.87. The van der Waals surface area contributed by atoms with Crippen LogP contribution in [-0.4, -0.2) is 33.0 Å². The molecule has 2 fully saturated rings. The lowest BCUT2D eigenvalue weighted by atomic mass is 9.93. The van der Waals surface area contributed by atoms with E-state index in [0.29, 0.717) is 0 Å². The van der Waals surface area contributed by atoms with E-state index in [1.165, 1.54) is 38.5 Å². The number of hydrogen-bond acceptors (Lipinski definition) is 4. The Balaban J connectivity index is 1.44. The van der Waals surface area contributed by atoms with E-state index in [2.05, 4.69) is 24.8 Å². The van der Waals surface area contributed by atoms with Gasteiger partial charge in [0.15, 0.2) is 5.65 Å². The maximum atomic E-state index is 4.56. The van der Waals surface area contributed by atoms with Gasteiger partial charge < -0.3 is 9.88 Å². The predicted molar refractivity (Wildman–Crippen MR) is 78.6 cm³/mol. The molecule has 0 spiro atoms. The second-order valence-corrected chi connectivity index (χ2v) is 6.30. The van der Waals surface area contributed by atoms with Crippen LogP contribution in [0.5, 0.6) is 0 Å². The molecule has 3 heterocycles. The van der Waals surface area contributed by atoms with Gasteiger partial charge in [0.1, 0.15) is 5.52 Å². The Morgan fingerprint density at radius 2 is 2.05 bits per heavy atom. The van der Waals surface area contributed by atoms with E-state index in [1.54, 1.807) is 6.33 Å². The second kappa shape index (κ2) is 5.04. The molecule has 20 heavy (non-hydrogen) atoms. The number of hydrogen-bond donors (Lipinski definition) is 1. The van der Waals surface area contributed by atoms with E-state index in [4.69, 9.17) is 0 Å². The minimum atomic E-state index is 0.772. The topological polar surface area (TPSA) is 57.7 Å². The van der Waals surface area contributed by atoms with Crippen LogP contribution < -0.4 is 4.90 Å². The number of imidazole rings is 1. The Kier molecular flexibility index (Phi) is 3.05. The van der Waals surface area contributed by atoms with E-state index >= 15 is 0 Å². The summed E-state index contributed by atoms with van der Waals surface area (Å²) in [4.78, 5) is 18.6. The van der Waals surface area contributed by atoms with Crippen molar-refractivity contribution in [2.24, 2.45) is 11.8 Å². The lowest BCUT2D eigenvalue weighted by Crippen LogP contribution is -2.22. The summed E-state index contributed by atoms with van der Waals surface area (Å²) in [6.07, 6.45) is 12.0. The molecule has 1 aliphatic heterocycles. The summed E-state index contributed by atoms with van der Waals surface area (Å²) < 4.78 is 0. The minimum Gasteiger partial charge on any atom is -0.342 e. The molecule has 0 radical (unpaired) electrons. The van der Waals surface area contributed by atoms with E-state index in [0.717, 1.165) is 42.0 Å². The zero-order valence-corrected chi connectivity index (χ0v) is 11.8. The Labute approximate surface area is 118 Å². The number of nitrogens with one attached hydrogen (secondary N) is 1. The summed E-state index contributed by atoms with van der Waals surface area (Å²) in [5, 5.41) is 0. The SMILES string of the molecule is c1nc2nc(N3CCC(CC4CCCC4)C3)ncc2[nH]1. The maximum Gasteiger partial charge on any atom is 0.227 e. The first kappa shape index (κ1) is 12.1. The molecule has 5 heteroatoms. The van der Waals surface area contributed by atoms with Crippen molar-refractivity contribution in [3.05, 3.63) is 12.5 Å². The highest BCUT2D eigenvalue weighted by atomic mass is 15.3. The van der Waals surface area contributed by atoms with Gasteiger partial charge in [-0.2, -0.15) is 4.98 Å². The molecule has 1 aliphatic carbocycles. The highest BCUT2D eigenvalue weighted by Crippen LogP contribution is 2.34. The number of H-pyrrole nitrogens is 1. The van der Waals surface area contributed by atoms with Gasteiger partial charge in [-0.25, -0.2) is 9.97 Å². The second-order valence-electron chi connectivity index (χ2n) is 6.30. The molecule has 1 unspecified atom stereocenters. The Morgan fingerprint density at radius 3 is 2.95 bits per heavy atom. The average Bonchev–Trinajstić information content (AvgIpc) is 3.19. The van der Waals surface area contributed by atoms with Crippen LogP contribution in [-0.2, 0) is 0 Å². The Bertz CT molecular complexity index is 587. The number of fused-ring (bicyclic) bond motifs is 1. The standard InChI is InChI=1S/C15H21N5/c1-2-4-11(3-1)7-12-5-6-20(9-12)15-16-8-13-14(19-15)18-10-17-13/h8,10-12H,1-7,9H2,(H,16,17,18,19). The number of nitrogens with zero attached hydrogens (tertiary/aromatic N) is 4. The molecule has 4 rings (SSSR count). The maximum absolute atomic E-state index is 4.56. The quantitative estimate of drug-likeness (QED) is 0.932. The molecular weight excluding hydrogens is 250 g/mol. The molecule has 2 aromatic rings. The van der Waals surface area contributed by atoms with Crippen molar-refractivity contribution in [3.8, 4) is 0 Å². The molecule has 1 saturated carbocycles. The van der Waals surface area contributed by atoms with Crippen LogP contribution in [0.25, 0.3) is 11.2 Å². The lowest BCUT2D eigenvalue weighted by Gasteiger charge is -2.17. The van der Waals surface area contributed by atoms with Gasteiger partial charge in [-0.05, 0) is 24.7 Å². The third kappa shape index (κ3) is 2.25. The first-order valence-electron chi connectivity index (χ1n) is 7.79. The van der Waals surface area contributed by atoms with Crippen molar-refractivity contribution >= 4 is 17.1 Å². The number of anilines is 1. The first-order chi connectivity index (χ1) is 9.88. The van der Waals surface area contributed by atoms with Gasteiger partial charge in [-0.15, -0.1) is 0 Å². The van der Waals surface area contributed by atoms with Crippen LogP contribution in [0.4, 0.5) is 5.95 Å². The van der Waals surface area contributed by atoms with Crippen molar-refractivity contribution < 1.29 is 0 Å². The van der Waals surface area contributed by atoms with Crippen molar-refractivity contribution in [2.45, 2.75) is 38.5 Å². The zero-order valence-electron chi connectivity index (χ0n) is 11.8. The summed E-state index contributed by atoms with van der Waals surface area (Å²) in [6, 6.07) is 0. The van der Waals surface area contributed by atoms with Gasteiger partial charge in [-0.1, -0.05) is 25.7 Å². The largest absolute Gasteiger partial charge is 0.342 e. The molecule has 5 nitrogen and oxygen atoms in total. The predicted octanol–water partition coefficient (Wildman–Crippen LogP) is 2.76. The summed E-state index contributed by atoms with van der Waals surface area (Å²) in [6.45, 7) is 2.21. The minimum absolute atomic E-state index is 0.772. The fourth-order valence-corrected chi connectivity index (χ4v) is 3.80. The highest BCUT2D eigenvalue weighted by Gasteiger charge is 2.28. The zero-order chi connectivity index (χ0) is 13.4. The summed E-state index contributed by atoms with van der Waals surface area (Å²) >= 11 is 0. The van der Waals surface area contributed by atoms with Crippen molar-refractivity contribution in [2.75, 3.05) is 18.0 Å². The monoisotopic (exact) mass is 271 g/mol. The van der Waals surface area contributed by atoms with Crippen LogP contribution in [0.3, 0.4) is 0 Å². The molecule has 1 saturated heterocycles. The number of aromatic amines is 1. The van der Waals surface area contributed by atoms with Crippen LogP contribution in [0, 0.1) is 11.8 Å². The number of rotatable bonds is 3. The van der Waals surface area contributed by atoms with Gasteiger partial charge in [0.05, 0.1) is 12.5 Å². The molecule has 106 valence electrons. The van der Waals surface area contributed by atoms with E-state index in [-0.39, 0.29) is 0 Å².